The van der Waals surface area contributed by atoms with E-state index in [1.165, 1.54) is 16.7 Å². The molecule has 0 heterocycles. The van der Waals surface area contributed by atoms with Crippen molar-refractivity contribution in [1.82, 2.24) is 0 Å². The zero-order valence-corrected chi connectivity index (χ0v) is 8.09. The monoisotopic (exact) mass is 163 g/mol. The van der Waals surface area contributed by atoms with Crippen LogP contribution in [-0.2, 0) is 0 Å². The van der Waals surface area contributed by atoms with Crippen LogP contribution in [0.5, 0.6) is 0 Å². The van der Waals surface area contributed by atoms with Crippen molar-refractivity contribution in [2.24, 2.45) is 5.73 Å². The molecule has 1 aromatic rings. The lowest BCUT2D eigenvalue weighted by atomic mass is 9.94. The molecule has 2 N–H and O–H groups in total. The predicted molar refractivity (Wildman–Crippen MR) is 53.4 cm³/mol. The Kier molecular flexibility index (Phi) is 2.88. The number of hydrogen-bond acceptors (Lipinski definition) is 1. The van der Waals surface area contributed by atoms with Crippen LogP contribution in [0.1, 0.15) is 29.5 Å². The van der Waals surface area contributed by atoms with Gasteiger partial charge in [-0.2, -0.15) is 0 Å². The lowest BCUT2D eigenvalue weighted by Gasteiger charge is -2.13. The Labute approximate surface area is 74.6 Å². The number of aryl methyl sites for hydroxylation is 1. The van der Waals surface area contributed by atoms with Crippen molar-refractivity contribution in [3.8, 4) is 0 Å². The standard InChI is InChI=1S/C11H17N/c1-8-5-4-6-11(10(8)3)9(2)7-12/h4-6,9H,7,12H2,1-3H3. The van der Waals surface area contributed by atoms with Gasteiger partial charge in [0, 0.05) is 0 Å². The molecule has 0 fully saturated rings. The minimum absolute atomic E-state index is 0.477. The average Bonchev–Trinajstić information content (AvgIpc) is 2.08. The number of benzene rings is 1. The summed E-state index contributed by atoms with van der Waals surface area (Å²) in [6.45, 7) is 7.20. The Hall–Kier alpha value is -0.820. The molecule has 0 aliphatic heterocycles. The van der Waals surface area contributed by atoms with E-state index in [2.05, 4.69) is 39.0 Å². The fourth-order valence-corrected chi connectivity index (χ4v) is 1.43. The van der Waals surface area contributed by atoms with E-state index in [0.717, 1.165) is 6.54 Å². The molecule has 66 valence electrons. The Morgan fingerprint density at radius 3 is 2.58 bits per heavy atom. The van der Waals surface area contributed by atoms with Crippen molar-refractivity contribution >= 4 is 0 Å². The van der Waals surface area contributed by atoms with Gasteiger partial charge in [-0.05, 0) is 43.0 Å². The molecule has 0 bridgehead atoms. The third kappa shape index (κ3) is 1.67. The molecular formula is C11H17N. The van der Waals surface area contributed by atoms with Gasteiger partial charge < -0.3 is 5.73 Å². The van der Waals surface area contributed by atoms with Crippen LogP contribution in [0.15, 0.2) is 18.2 Å². The van der Waals surface area contributed by atoms with Gasteiger partial charge in [0.1, 0.15) is 0 Å². The summed E-state index contributed by atoms with van der Waals surface area (Å²) in [6, 6.07) is 6.41. The van der Waals surface area contributed by atoms with E-state index in [1.54, 1.807) is 0 Å². The summed E-state index contributed by atoms with van der Waals surface area (Å²) in [6.07, 6.45) is 0. The zero-order valence-electron chi connectivity index (χ0n) is 8.09. The molecule has 1 heteroatoms. The fraction of sp³-hybridized carbons (Fsp3) is 0.455. The molecule has 12 heavy (non-hydrogen) atoms. The predicted octanol–water partition coefficient (Wildman–Crippen LogP) is 2.37. The van der Waals surface area contributed by atoms with Crippen LogP contribution < -0.4 is 5.73 Å². The SMILES string of the molecule is Cc1cccc(C(C)CN)c1C. The first-order valence-corrected chi connectivity index (χ1v) is 4.43. The maximum absolute atomic E-state index is 5.62. The number of nitrogens with two attached hydrogens (primary N) is 1. The molecule has 1 atom stereocenters. The summed E-state index contributed by atoms with van der Waals surface area (Å²) in [7, 11) is 0. The van der Waals surface area contributed by atoms with Gasteiger partial charge in [0.15, 0.2) is 0 Å². The molecule has 0 amide bonds. The summed E-state index contributed by atoms with van der Waals surface area (Å²) in [5.74, 6) is 0.477. The zero-order chi connectivity index (χ0) is 9.14. The molecule has 0 saturated carbocycles. The Balaban J connectivity index is 3.07. The molecule has 0 aliphatic rings. The minimum atomic E-state index is 0.477. The molecule has 1 rings (SSSR count). The Morgan fingerprint density at radius 2 is 2.00 bits per heavy atom. The third-order valence-corrected chi connectivity index (χ3v) is 2.53. The van der Waals surface area contributed by atoms with Crippen molar-refractivity contribution in [3.63, 3.8) is 0 Å². The van der Waals surface area contributed by atoms with Crippen LogP contribution in [-0.4, -0.2) is 6.54 Å². The lowest BCUT2D eigenvalue weighted by Crippen LogP contribution is -2.10. The summed E-state index contributed by atoms with van der Waals surface area (Å²) < 4.78 is 0. The van der Waals surface area contributed by atoms with Gasteiger partial charge in [-0.3, -0.25) is 0 Å². The highest BCUT2D eigenvalue weighted by Crippen LogP contribution is 2.20. The van der Waals surface area contributed by atoms with E-state index in [-0.39, 0.29) is 0 Å². The largest absolute Gasteiger partial charge is 0.330 e. The highest BCUT2D eigenvalue weighted by molar-refractivity contribution is 5.35. The van der Waals surface area contributed by atoms with Crippen LogP contribution in [0.3, 0.4) is 0 Å². The van der Waals surface area contributed by atoms with E-state index in [4.69, 9.17) is 5.73 Å². The second-order valence-corrected chi connectivity index (χ2v) is 3.43. The second kappa shape index (κ2) is 3.72. The van der Waals surface area contributed by atoms with Crippen molar-refractivity contribution in [1.29, 1.82) is 0 Å². The maximum atomic E-state index is 5.62. The summed E-state index contributed by atoms with van der Waals surface area (Å²) >= 11 is 0. The van der Waals surface area contributed by atoms with Gasteiger partial charge in [-0.1, -0.05) is 25.1 Å². The van der Waals surface area contributed by atoms with E-state index >= 15 is 0 Å². The van der Waals surface area contributed by atoms with E-state index in [1.807, 2.05) is 0 Å². The molecule has 1 nitrogen and oxygen atoms in total. The molecule has 1 aromatic carbocycles. The summed E-state index contributed by atoms with van der Waals surface area (Å²) in [5.41, 5.74) is 9.75. The maximum Gasteiger partial charge on any atom is -0.00108 e. The summed E-state index contributed by atoms with van der Waals surface area (Å²) in [4.78, 5) is 0. The van der Waals surface area contributed by atoms with Crippen molar-refractivity contribution in [2.45, 2.75) is 26.7 Å². The van der Waals surface area contributed by atoms with Crippen LogP contribution in [0.2, 0.25) is 0 Å². The van der Waals surface area contributed by atoms with Crippen molar-refractivity contribution in [3.05, 3.63) is 34.9 Å². The third-order valence-electron chi connectivity index (χ3n) is 2.53. The normalized spacial score (nSPS) is 13.0. The van der Waals surface area contributed by atoms with Gasteiger partial charge in [0.2, 0.25) is 0 Å². The van der Waals surface area contributed by atoms with E-state index in [9.17, 15) is 0 Å². The molecule has 0 spiro atoms. The van der Waals surface area contributed by atoms with E-state index < -0.39 is 0 Å². The van der Waals surface area contributed by atoms with E-state index in [0.29, 0.717) is 5.92 Å². The first kappa shape index (κ1) is 9.27. The second-order valence-electron chi connectivity index (χ2n) is 3.43. The molecule has 0 aliphatic carbocycles. The molecule has 1 unspecified atom stereocenters. The molecule has 0 aromatic heterocycles. The number of hydrogen-bond donors (Lipinski definition) is 1. The van der Waals surface area contributed by atoms with Crippen molar-refractivity contribution in [2.75, 3.05) is 6.54 Å². The highest BCUT2D eigenvalue weighted by atomic mass is 14.5. The Morgan fingerprint density at radius 1 is 1.33 bits per heavy atom. The topological polar surface area (TPSA) is 26.0 Å². The van der Waals surface area contributed by atoms with Crippen LogP contribution in [0.4, 0.5) is 0 Å². The van der Waals surface area contributed by atoms with Gasteiger partial charge in [0.05, 0.1) is 0 Å². The molecular weight excluding hydrogens is 146 g/mol. The van der Waals surface area contributed by atoms with Crippen molar-refractivity contribution < 1.29 is 0 Å². The van der Waals surface area contributed by atoms with Gasteiger partial charge in [-0.15, -0.1) is 0 Å². The highest BCUT2D eigenvalue weighted by Gasteiger charge is 2.06. The molecule has 0 radical (unpaired) electrons. The first-order chi connectivity index (χ1) is 5.66. The van der Waals surface area contributed by atoms with Gasteiger partial charge in [0.25, 0.3) is 0 Å². The first-order valence-electron chi connectivity index (χ1n) is 4.43. The smallest absolute Gasteiger partial charge is 0.00108 e. The van der Waals surface area contributed by atoms with Gasteiger partial charge in [-0.25, -0.2) is 0 Å². The number of rotatable bonds is 2. The fourth-order valence-electron chi connectivity index (χ4n) is 1.43. The average molecular weight is 163 g/mol. The quantitative estimate of drug-likeness (QED) is 0.711. The van der Waals surface area contributed by atoms with Crippen LogP contribution in [0.25, 0.3) is 0 Å². The van der Waals surface area contributed by atoms with Gasteiger partial charge >= 0.3 is 0 Å². The summed E-state index contributed by atoms with van der Waals surface area (Å²) in [5, 5.41) is 0. The minimum Gasteiger partial charge on any atom is -0.330 e. The lowest BCUT2D eigenvalue weighted by molar-refractivity contribution is 0.766. The Bertz CT molecular complexity index is 266. The van der Waals surface area contributed by atoms with Crippen LogP contribution >= 0.6 is 0 Å². The van der Waals surface area contributed by atoms with Crippen LogP contribution in [0, 0.1) is 13.8 Å². The molecule has 0 saturated heterocycles.